The molecule has 17 heavy (non-hydrogen) atoms. The third kappa shape index (κ3) is 1.36. The van der Waals surface area contributed by atoms with Gasteiger partial charge >= 0.3 is 0 Å². The molecule has 3 rings (SSSR count). The van der Waals surface area contributed by atoms with Crippen molar-refractivity contribution < 1.29 is 4.79 Å². The van der Waals surface area contributed by atoms with Crippen molar-refractivity contribution in [3.63, 3.8) is 0 Å². The third-order valence-electron chi connectivity index (χ3n) is 5.07. The molecule has 2 N–H and O–H groups in total. The number of carbonyl (C=O) groups is 1. The largest absolute Gasteiger partial charge is 0.357 e. The van der Waals surface area contributed by atoms with Gasteiger partial charge in [0.25, 0.3) is 0 Å². The van der Waals surface area contributed by atoms with Gasteiger partial charge in [0, 0.05) is 18.6 Å². The molecule has 1 aliphatic carbocycles. The Hall–Kier alpha value is -1.06. The van der Waals surface area contributed by atoms with E-state index in [-0.39, 0.29) is 11.3 Å². The number of fused-ring (bicyclic) bond motifs is 2. The van der Waals surface area contributed by atoms with E-state index in [1.54, 1.807) is 0 Å². The summed E-state index contributed by atoms with van der Waals surface area (Å²) in [5, 5.41) is 11.0. The number of likely N-dealkylation sites (tertiary alicyclic amines) is 1. The highest BCUT2D eigenvalue weighted by molar-refractivity contribution is 5.88. The minimum Gasteiger partial charge on any atom is -0.357 e. The Morgan fingerprint density at radius 2 is 2.29 bits per heavy atom. The highest BCUT2D eigenvalue weighted by atomic mass is 16.2. The summed E-state index contributed by atoms with van der Waals surface area (Å²) >= 11 is 0. The number of amidine groups is 1. The minimum absolute atomic E-state index is 0.192. The van der Waals surface area contributed by atoms with Crippen molar-refractivity contribution in [2.75, 3.05) is 6.54 Å². The zero-order valence-electron chi connectivity index (χ0n) is 10.6. The number of rotatable bonds is 0. The monoisotopic (exact) mass is 235 g/mol. The summed E-state index contributed by atoms with van der Waals surface area (Å²) in [6.07, 6.45) is 4.50. The van der Waals surface area contributed by atoms with E-state index in [4.69, 9.17) is 5.41 Å². The van der Waals surface area contributed by atoms with Gasteiger partial charge in [-0.05, 0) is 39.0 Å². The summed E-state index contributed by atoms with van der Waals surface area (Å²) in [6.45, 7) is 4.73. The lowest BCUT2D eigenvalue weighted by molar-refractivity contribution is -0.128. The predicted molar refractivity (Wildman–Crippen MR) is 65.9 cm³/mol. The molecule has 3 fully saturated rings. The van der Waals surface area contributed by atoms with Gasteiger partial charge in [-0.1, -0.05) is 6.42 Å². The summed E-state index contributed by atoms with van der Waals surface area (Å²) < 4.78 is 0. The summed E-state index contributed by atoms with van der Waals surface area (Å²) in [7, 11) is 0. The van der Waals surface area contributed by atoms with Crippen LogP contribution in [0.4, 0.5) is 0 Å². The minimum atomic E-state index is -0.192. The van der Waals surface area contributed by atoms with Crippen LogP contribution in [0, 0.1) is 16.7 Å². The van der Waals surface area contributed by atoms with E-state index in [9.17, 15) is 4.79 Å². The van der Waals surface area contributed by atoms with Crippen molar-refractivity contribution in [2.24, 2.45) is 11.3 Å². The first-order valence-electron chi connectivity index (χ1n) is 6.67. The first-order valence-corrected chi connectivity index (χ1v) is 6.67. The summed E-state index contributed by atoms with van der Waals surface area (Å²) in [5.74, 6) is 1.37. The van der Waals surface area contributed by atoms with Crippen LogP contribution in [0.3, 0.4) is 0 Å². The topological polar surface area (TPSA) is 56.2 Å². The van der Waals surface area contributed by atoms with E-state index >= 15 is 0 Å². The van der Waals surface area contributed by atoms with Gasteiger partial charge in [0.05, 0.1) is 11.3 Å². The fraction of sp³-hybridized carbons (Fsp3) is 0.846. The van der Waals surface area contributed by atoms with Gasteiger partial charge in [0.2, 0.25) is 5.91 Å². The van der Waals surface area contributed by atoms with Crippen molar-refractivity contribution >= 4 is 11.7 Å². The van der Waals surface area contributed by atoms with E-state index in [1.165, 1.54) is 12.8 Å². The molecule has 4 heteroatoms. The molecule has 4 atom stereocenters. The SMILES string of the molecule is CC(=N)N1CC2(CC1C)C(=O)NC1CCCC12. The van der Waals surface area contributed by atoms with Crippen LogP contribution in [0.25, 0.3) is 0 Å². The van der Waals surface area contributed by atoms with Crippen LogP contribution in [0.2, 0.25) is 0 Å². The van der Waals surface area contributed by atoms with Crippen LogP contribution in [-0.2, 0) is 4.79 Å². The standard InChI is InChI=1S/C13H21N3O/c1-8-6-13(7-16(8)9(2)14)10-4-3-5-11(10)15-12(13)17/h8,10-11,14H,3-7H2,1-2H3,(H,15,17). The molecule has 2 heterocycles. The average Bonchev–Trinajstić information content (AvgIpc) is 2.87. The maximum absolute atomic E-state index is 12.3. The Morgan fingerprint density at radius 3 is 2.94 bits per heavy atom. The third-order valence-corrected chi connectivity index (χ3v) is 5.07. The van der Waals surface area contributed by atoms with Gasteiger partial charge < -0.3 is 10.2 Å². The average molecular weight is 235 g/mol. The number of nitrogens with zero attached hydrogens (tertiary/aromatic N) is 1. The second-order valence-corrected chi connectivity index (χ2v) is 6.04. The highest BCUT2D eigenvalue weighted by Gasteiger charge is 2.60. The summed E-state index contributed by atoms with van der Waals surface area (Å²) in [6, 6.07) is 0.748. The lowest BCUT2D eigenvalue weighted by Gasteiger charge is -2.27. The second-order valence-electron chi connectivity index (χ2n) is 6.04. The highest BCUT2D eigenvalue weighted by Crippen LogP contribution is 2.51. The lowest BCUT2D eigenvalue weighted by Crippen LogP contribution is -2.39. The molecule has 1 spiro atoms. The number of hydrogen-bond donors (Lipinski definition) is 2. The fourth-order valence-corrected chi connectivity index (χ4v) is 4.32. The molecular formula is C13H21N3O. The molecule has 4 nitrogen and oxygen atoms in total. The van der Waals surface area contributed by atoms with Gasteiger partial charge in [-0.25, -0.2) is 0 Å². The first-order chi connectivity index (χ1) is 8.04. The lowest BCUT2D eigenvalue weighted by atomic mass is 9.74. The molecule has 0 bridgehead atoms. The number of carbonyl (C=O) groups excluding carboxylic acids is 1. The summed E-state index contributed by atoms with van der Waals surface area (Å²) in [4.78, 5) is 14.4. The smallest absolute Gasteiger partial charge is 0.228 e. The van der Waals surface area contributed by atoms with Crippen molar-refractivity contribution in [3.8, 4) is 0 Å². The van der Waals surface area contributed by atoms with Crippen LogP contribution in [0.15, 0.2) is 0 Å². The van der Waals surface area contributed by atoms with Gasteiger partial charge in [-0.3, -0.25) is 10.2 Å². The quantitative estimate of drug-likeness (QED) is 0.492. The van der Waals surface area contributed by atoms with Gasteiger partial charge in [-0.2, -0.15) is 0 Å². The van der Waals surface area contributed by atoms with E-state index in [0.29, 0.717) is 23.8 Å². The first kappa shape index (κ1) is 11.1. The van der Waals surface area contributed by atoms with Crippen molar-refractivity contribution in [3.05, 3.63) is 0 Å². The number of amides is 1. The van der Waals surface area contributed by atoms with E-state index in [1.807, 2.05) is 6.92 Å². The number of nitrogens with one attached hydrogen (secondary N) is 2. The van der Waals surface area contributed by atoms with Crippen LogP contribution < -0.4 is 5.32 Å². The van der Waals surface area contributed by atoms with Crippen LogP contribution in [-0.4, -0.2) is 35.3 Å². The maximum Gasteiger partial charge on any atom is 0.228 e. The van der Waals surface area contributed by atoms with Gasteiger partial charge in [0.15, 0.2) is 0 Å². The van der Waals surface area contributed by atoms with Crippen LogP contribution in [0.1, 0.15) is 39.5 Å². The molecular weight excluding hydrogens is 214 g/mol. The molecule has 2 saturated heterocycles. The van der Waals surface area contributed by atoms with Gasteiger partial charge in [0.1, 0.15) is 0 Å². The molecule has 2 aliphatic heterocycles. The Morgan fingerprint density at radius 1 is 1.53 bits per heavy atom. The Labute approximate surface area is 102 Å². The zero-order valence-corrected chi connectivity index (χ0v) is 10.6. The van der Waals surface area contributed by atoms with Crippen molar-refractivity contribution in [2.45, 2.75) is 51.6 Å². The zero-order chi connectivity index (χ0) is 12.2. The molecule has 0 radical (unpaired) electrons. The van der Waals surface area contributed by atoms with E-state index in [0.717, 1.165) is 19.4 Å². The van der Waals surface area contributed by atoms with Crippen molar-refractivity contribution in [1.82, 2.24) is 10.2 Å². The van der Waals surface area contributed by atoms with Gasteiger partial charge in [-0.15, -0.1) is 0 Å². The van der Waals surface area contributed by atoms with Crippen LogP contribution >= 0.6 is 0 Å². The predicted octanol–water partition coefficient (Wildman–Crippen LogP) is 1.36. The molecule has 3 aliphatic rings. The fourth-order valence-electron chi connectivity index (χ4n) is 4.32. The molecule has 0 aromatic heterocycles. The van der Waals surface area contributed by atoms with Crippen molar-refractivity contribution in [1.29, 1.82) is 5.41 Å². The molecule has 0 aromatic rings. The molecule has 4 unspecified atom stereocenters. The molecule has 1 saturated carbocycles. The molecule has 0 aromatic carbocycles. The summed E-state index contributed by atoms with van der Waals surface area (Å²) in [5.41, 5.74) is -0.192. The molecule has 94 valence electrons. The Kier molecular flexibility index (Phi) is 2.25. The van der Waals surface area contributed by atoms with E-state index < -0.39 is 0 Å². The Bertz CT molecular complexity index is 381. The number of hydrogen-bond acceptors (Lipinski definition) is 2. The van der Waals surface area contributed by atoms with E-state index in [2.05, 4.69) is 17.1 Å². The normalized spacial score (nSPS) is 44.2. The maximum atomic E-state index is 12.3. The van der Waals surface area contributed by atoms with Crippen LogP contribution in [0.5, 0.6) is 0 Å². The molecule has 1 amide bonds. The second kappa shape index (κ2) is 3.47. The Balaban J connectivity index is 1.92.